The van der Waals surface area contributed by atoms with E-state index in [1.165, 1.54) is 34.8 Å². The molecule has 15 heteroatoms. The fraction of sp³-hybridized carbons (Fsp3) is 0.348. The quantitative estimate of drug-likeness (QED) is 0.477. The molecule has 3 heterocycles. The molecule has 1 atom stereocenters. The number of benzene rings is 1. The number of hydrogen-bond acceptors (Lipinski definition) is 6. The number of alkyl halides is 6. The van der Waals surface area contributed by atoms with Crippen molar-refractivity contribution in [2.45, 2.75) is 31.4 Å². The van der Waals surface area contributed by atoms with Crippen molar-refractivity contribution >= 4 is 11.8 Å². The van der Waals surface area contributed by atoms with E-state index >= 15 is 0 Å². The minimum atomic E-state index is -5.10. The van der Waals surface area contributed by atoms with E-state index in [0.717, 1.165) is 6.33 Å². The Bertz CT molecular complexity index is 1300. The molecule has 0 spiro atoms. The number of amides is 2. The summed E-state index contributed by atoms with van der Waals surface area (Å²) in [6.45, 7) is 2.31. The van der Waals surface area contributed by atoms with Crippen LogP contribution in [0, 0.1) is 0 Å². The van der Waals surface area contributed by atoms with Crippen molar-refractivity contribution in [3.05, 3.63) is 70.9 Å². The number of nitrogens with zero attached hydrogens (tertiary/aromatic N) is 5. The number of likely N-dealkylation sites (N-methyl/N-ethyl adjacent to an activating group) is 1. The van der Waals surface area contributed by atoms with E-state index in [1.807, 2.05) is 0 Å². The second-order valence-electron chi connectivity index (χ2n) is 8.53. The Hall–Kier alpha value is -4.01. The zero-order valence-corrected chi connectivity index (χ0v) is 19.8. The lowest BCUT2D eigenvalue weighted by Crippen LogP contribution is -2.49. The number of halogens is 6. The van der Waals surface area contributed by atoms with Gasteiger partial charge in [0.05, 0.1) is 42.0 Å². The SMILES string of the molecule is C[C@H](NC(=O)c1cc(C(F)(F)F)cc(C(F)(F)F)c1)c1ncnn1-c1ccc(C(=O)N(C)C2COC2)cn1. The summed E-state index contributed by atoms with van der Waals surface area (Å²) in [5.41, 5.74) is -3.74. The average Bonchev–Trinajstić information content (AvgIpc) is 3.31. The molecule has 4 rings (SSSR count). The van der Waals surface area contributed by atoms with Gasteiger partial charge in [-0.25, -0.2) is 9.97 Å². The highest BCUT2D eigenvalue weighted by atomic mass is 19.4. The van der Waals surface area contributed by atoms with Crippen LogP contribution in [0.4, 0.5) is 26.3 Å². The van der Waals surface area contributed by atoms with Crippen LogP contribution in [-0.2, 0) is 17.1 Å². The van der Waals surface area contributed by atoms with Gasteiger partial charge in [0.2, 0.25) is 0 Å². The molecule has 1 fully saturated rings. The number of aromatic nitrogens is 4. The molecule has 0 bridgehead atoms. The first kappa shape index (κ1) is 27.0. The molecule has 1 N–H and O–H groups in total. The van der Waals surface area contributed by atoms with Gasteiger partial charge in [-0.15, -0.1) is 0 Å². The molecular weight excluding hydrogens is 522 g/mol. The van der Waals surface area contributed by atoms with E-state index in [-0.39, 0.29) is 29.7 Å². The highest BCUT2D eigenvalue weighted by Crippen LogP contribution is 2.36. The maximum absolute atomic E-state index is 13.2. The molecule has 1 saturated heterocycles. The Morgan fingerprint density at radius 2 is 1.66 bits per heavy atom. The first-order valence-electron chi connectivity index (χ1n) is 11.1. The summed E-state index contributed by atoms with van der Waals surface area (Å²) in [4.78, 5) is 35.0. The van der Waals surface area contributed by atoms with Crippen molar-refractivity contribution in [3.63, 3.8) is 0 Å². The maximum Gasteiger partial charge on any atom is 0.416 e. The van der Waals surface area contributed by atoms with Gasteiger partial charge in [0.15, 0.2) is 11.6 Å². The third-order valence-electron chi connectivity index (χ3n) is 5.86. The normalized spacial score (nSPS) is 15.1. The second-order valence-corrected chi connectivity index (χ2v) is 8.53. The Morgan fingerprint density at radius 3 is 2.16 bits per heavy atom. The number of pyridine rings is 1. The fourth-order valence-electron chi connectivity index (χ4n) is 3.61. The first-order chi connectivity index (χ1) is 17.8. The molecular formula is C23H20F6N6O3. The van der Waals surface area contributed by atoms with Crippen LogP contribution in [0.3, 0.4) is 0 Å². The van der Waals surface area contributed by atoms with Crippen LogP contribution < -0.4 is 5.32 Å². The molecule has 1 aliphatic rings. The van der Waals surface area contributed by atoms with Gasteiger partial charge in [-0.2, -0.15) is 36.1 Å². The molecule has 0 radical (unpaired) electrons. The van der Waals surface area contributed by atoms with Gasteiger partial charge in [0, 0.05) is 18.8 Å². The molecule has 38 heavy (non-hydrogen) atoms. The van der Waals surface area contributed by atoms with Crippen LogP contribution in [-0.4, -0.2) is 62.8 Å². The third-order valence-corrected chi connectivity index (χ3v) is 5.86. The van der Waals surface area contributed by atoms with Gasteiger partial charge in [-0.3, -0.25) is 9.59 Å². The molecule has 9 nitrogen and oxygen atoms in total. The number of rotatable bonds is 6. The standard InChI is InChI=1S/C23H20F6N6O3/c1-12(33-20(36)14-5-15(22(24,25)26)7-16(6-14)23(27,28)29)19-31-11-32-35(19)18-4-3-13(8-30-18)21(37)34(2)17-9-38-10-17/h3-8,11-12,17H,9-10H2,1-2H3,(H,33,36)/t12-/m0/s1. The molecule has 1 aromatic carbocycles. The number of carbonyl (C=O) groups is 2. The van der Waals surface area contributed by atoms with E-state index in [2.05, 4.69) is 20.4 Å². The van der Waals surface area contributed by atoms with Crippen molar-refractivity contribution in [2.75, 3.05) is 20.3 Å². The lowest BCUT2D eigenvalue weighted by atomic mass is 10.0. The van der Waals surface area contributed by atoms with Gasteiger partial charge >= 0.3 is 12.4 Å². The molecule has 3 aromatic rings. The molecule has 2 amide bonds. The zero-order chi connectivity index (χ0) is 27.8. The topological polar surface area (TPSA) is 102 Å². The molecule has 202 valence electrons. The summed E-state index contributed by atoms with van der Waals surface area (Å²) in [5.74, 6) is -1.14. The summed E-state index contributed by atoms with van der Waals surface area (Å²) >= 11 is 0. The molecule has 2 aromatic heterocycles. The number of hydrogen-bond donors (Lipinski definition) is 1. The predicted molar refractivity (Wildman–Crippen MR) is 118 cm³/mol. The number of nitrogens with one attached hydrogen (secondary N) is 1. The van der Waals surface area contributed by atoms with Gasteiger partial charge in [0.1, 0.15) is 6.33 Å². The van der Waals surface area contributed by atoms with Crippen molar-refractivity contribution in [1.29, 1.82) is 0 Å². The van der Waals surface area contributed by atoms with E-state index < -0.39 is 41.0 Å². The molecule has 0 unspecified atom stereocenters. The molecule has 1 aliphatic heterocycles. The van der Waals surface area contributed by atoms with Crippen LogP contribution in [0.1, 0.15) is 50.6 Å². The fourth-order valence-corrected chi connectivity index (χ4v) is 3.61. The van der Waals surface area contributed by atoms with E-state index in [4.69, 9.17) is 4.74 Å². The Kier molecular flexibility index (Phi) is 7.14. The summed E-state index contributed by atoms with van der Waals surface area (Å²) in [7, 11) is 1.64. The summed E-state index contributed by atoms with van der Waals surface area (Å²) < 4.78 is 85.2. The van der Waals surface area contributed by atoms with Gasteiger partial charge in [-0.05, 0) is 37.3 Å². The first-order valence-corrected chi connectivity index (χ1v) is 11.1. The zero-order valence-electron chi connectivity index (χ0n) is 19.8. The smallest absolute Gasteiger partial charge is 0.377 e. The van der Waals surface area contributed by atoms with Gasteiger partial charge in [0.25, 0.3) is 11.8 Å². The van der Waals surface area contributed by atoms with E-state index in [9.17, 15) is 35.9 Å². The number of carbonyl (C=O) groups excluding carboxylic acids is 2. The van der Waals surface area contributed by atoms with Crippen molar-refractivity contribution in [3.8, 4) is 5.82 Å². The van der Waals surface area contributed by atoms with Crippen LogP contribution in [0.15, 0.2) is 42.9 Å². The van der Waals surface area contributed by atoms with Crippen LogP contribution in [0.2, 0.25) is 0 Å². The number of ether oxygens (including phenoxy) is 1. The molecule has 0 aliphatic carbocycles. The monoisotopic (exact) mass is 542 g/mol. The van der Waals surface area contributed by atoms with Crippen molar-refractivity contribution in [2.24, 2.45) is 0 Å². The van der Waals surface area contributed by atoms with Crippen LogP contribution in [0.5, 0.6) is 0 Å². The largest absolute Gasteiger partial charge is 0.416 e. The van der Waals surface area contributed by atoms with Crippen LogP contribution in [0.25, 0.3) is 5.82 Å². The Labute approximate surface area is 211 Å². The van der Waals surface area contributed by atoms with Crippen molar-refractivity contribution in [1.82, 2.24) is 30.0 Å². The lowest BCUT2D eigenvalue weighted by Gasteiger charge is -2.34. The van der Waals surface area contributed by atoms with Gasteiger partial charge in [-0.1, -0.05) is 0 Å². The van der Waals surface area contributed by atoms with Crippen molar-refractivity contribution < 1.29 is 40.7 Å². The lowest BCUT2D eigenvalue weighted by molar-refractivity contribution is -0.143. The highest BCUT2D eigenvalue weighted by Gasteiger charge is 2.37. The predicted octanol–water partition coefficient (Wildman–Crippen LogP) is 3.66. The highest BCUT2D eigenvalue weighted by molar-refractivity contribution is 5.95. The Morgan fingerprint density at radius 1 is 1.03 bits per heavy atom. The minimum Gasteiger partial charge on any atom is -0.377 e. The van der Waals surface area contributed by atoms with Gasteiger partial charge < -0.3 is 15.0 Å². The summed E-state index contributed by atoms with van der Waals surface area (Å²) in [6, 6.07) is 2.58. The third kappa shape index (κ3) is 5.61. The maximum atomic E-state index is 13.2. The average molecular weight is 542 g/mol. The summed E-state index contributed by atoms with van der Waals surface area (Å²) in [5, 5.41) is 6.36. The summed E-state index contributed by atoms with van der Waals surface area (Å²) in [6.07, 6.45) is -7.73. The minimum absolute atomic E-state index is 0.0300. The Balaban J connectivity index is 1.53. The van der Waals surface area contributed by atoms with Crippen LogP contribution >= 0.6 is 0 Å². The molecule has 0 saturated carbocycles. The second kappa shape index (κ2) is 10.0. The van der Waals surface area contributed by atoms with E-state index in [1.54, 1.807) is 7.05 Å². The van der Waals surface area contributed by atoms with E-state index in [0.29, 0.717) is 30.9 Å².